The fraction of sp³-hybridized carbons (Fsp3) is 0.333. The van der Waals surface area contributed by atoms with E-state index in [1.165, 1.54) is 12.8 Å². The van der Waals surface area contributed by atoms with Gasteiger partial charge in [0.05, 0.1) is 17.4 Å². The van der Waals surface area contributed by atoms with Gasteiger partial charge in [-0.15, -0.1) is 0 Å². The molecule has 1 aliphatic heterocycles. The Labute approximate surface area is 184 Å². The van der Waals surface area contributed by atoms with Gasteiger partial charge in [-0.05, 0) is 56.1 Å². The summed E-state index contributed by atoms with van der Waals surface area (Å²) < 4.78 is 42.4. The minimum atomic E-state index is -4.73. The number of nitrogens with zero attached hydrogens (tertiary/aromatic N) is 3. The number of alkyl halides is 3. The van der Waals surface area contributed by atoms with Gasteiger partial charge in [0.2, 0.25) is 0 Å². The molecule has 0 saturated carbocycles. The Hall–Kier alpha value is -3.13. The lowest BCUT2D eigenvalue weighted by Gasteiger charge is -2.18. The van der Waals surface area contributed by atoms with Gasteiger partial charge in [-0.2, -0.15) is 18.3 Å². The number of rotatable bonds is 6. The number of benzene rings is 2. The van der Waals surface area contributed by atoms with E-state index in [1.807, 2.05) is 31.2 Å². The SMILES string of the molecule is Cc1ccc(-n2ncc(C(=O)NCc3ccccc3CN3CCCC3)c2C(F)(F)F)cc1. The number of aryl methyl sites for hydroxylation is 1. The van der Waals surface area contributed by atoms with Gasteiger partial charge in [-0.3, -0.25) is 9.69 Å². The van der Waals surface area contributed by atoms with Crippen LogP contribution in [-0.2, 0) is 19.3 Å². The quantitative estimate of drug-likeness (QED) is 0.601. The van der Waals surface area contributed by atoms with Gasteiger partial charge in [0, 0.05) is 13.1 Å². The average molecular weight is 442 g/mol. The fourth-order valence-corrected chi connectivity index (χ4v) is 4.01. The molecule has 1 N–H and O–H groups in total. The molecular weight excluding hydrogens is 417 g/mol. The maximum Gasteiger partial charge on any atom is 0.434 e. The largest absolute Gasteiger partial charge is 0.434 e. The standard InChI is InChI=1S/C24H25F3N4O/c1-17-8-10-20(11-9-17)31-22(24(25,26)27)21(15-29-31)23(32)28-14-18-6-2-3-7-19(18)16-30-12-4-5-13-30/h2-3,6-11,15H,4-5,12-14,16H2,1H3,(H,28,32). The van der Waals surface area contributed by atoms with Crippen molar-refractivity contribution in [2.24, 2.45) is 0 Å². The molecular formula is C24H25F3N4O. The van der Waals surface area contributed by atoms with Crippen molar-refractivity contribution in [2.75, 3.05) is 13.1 Å². The number of hydrogen-bond donors (Lipinski definition) is 1. The van der Waals surface area contributed by atoms with Crippen molar-refractivity contribution in [1.29, 1.82) is 0 Å². The van der Waals surface area contributed by atoms with E-state index in [2.05, 4.69) is 15.3 Å². The second-order valence-corrected chi connectivity index (χ2v) is 8.09. The molecule has 3 aromatic rings. The van der Waals surface area contributed by atoms with Crippen LogP contribution in [0.15, 0.2) is 54.7 Å². The second kappa shape index (κ2) is 9.16. The fourth-order valence-electron chi connectivity index (χ4n) is 4.01. The molecule has 0 unspecified atom stereocenters. The van der Waals surface area contributed by atoms with Gasteiger partial charge in [-0.1, -0.05) is 42.0 Å². The summed E-state index contributed by atoms with van der Waals surface area (Å²) in [5.41, 5.74) is 1.56. The lowest BCUT2D eigenvalue weighted by Crippen LogP contribution is -2.27. The molecule has 0 spiro atoms. The molecule has 0 atom stereocenters. The van der Waals surface area contributed by atoms with E-state index in [0.29, 0.717) is 0 Å². The Bertz CT molecular complexity index is 1080. The number of amides is 1. The lowest BCUT2D eigenvalue weighted by atomic mass is 10.1. The van der Waals surface area contributed by atoms with Crippen LogP contribution >= 0.6 is 0 Å². The lowest BCUT2D eigenvalue weighted by molar-refractivity contribution is -0.143. The first-order valence-corrected chi connectivity index (χ1v) is 10.6. The van der Waals surface area contributed by atoms with E-state index in [1.54, 1.807) is 24.3 Å². The second-order valence-electron chi connectivity index (χ2n) is 8.09. The minimum absolute atomic E-state index is 0.149. The predicted octanol–water partition coefficient (Wildman–Crippen LogP) is 4.73. The maximum absolute atomic E-state index is 13.9. The molecule has 2 aromatic carbocycles. The molecule has 5 nitrogen and oxygen atoms in total. The molecule has 32 heavy (non-hydrogen) atoms. The Balaban J connectivity index is 1.55. The van der Waals surface area contributed by atoms with Crippen LogP contribution in [-0.4, -0.2) is 33.7 Å². The normalized spacial score (nSPS) is 14.6. The molecule has 168 valence electrons. The summed E-state index contributed by atoms with van der Waals surface area (Å²) in [4.78, 5) is 15.1. The highest BCUT2D eigenvalue weighted by molar-refractivity contribution is 5.95. The number of aromatic nitrogens is 2. The summed E-state index contributed by atoms with van der Waals surface area (Å²) in [6.07, 6.45) is -1.41. The number of carbonyl (C=O) groups excluding carboxylic acids is 1. The smallest absolute Gasteiger partial charge is 0.348 e. The van der Waals surface area contributed by atoms with E-state index >= 15 is 0 Å². The van der Waals surface area contributed by atoms with Gasteiger partial charge in [0.25, 0.3) is 5.91 Å². The number of carbonyl (C=O) groups is 1. The molecule has 8 heteroatoms. The van der Waals surface area contributed by atoms with E-state index in [0.717, 1.165) is 47.2 Å². The van der Waals surface area contributed by atoms with E-state index < -0.39 is 23.3 Å². The summed E-state index contributed by atoms with van der Waals surface area (Å²) in [5.74, 6) is -0.799. The van der Waals surface area contributed by atoms with Crippen LogP contribution in [0.2, 0.25) is 0 Å². The number of nitrogens with one attached hydrogen (secondary N) is 1. The summed E-state index contributed by atoms with van der Waals surface area (Å²) >= 11 is 0. The first kappa shape index (κ1) is 22.1. The zero-order chi connectivity index (χ0) is 22.7. The van der Waals surface area contributed by atoms with E-state index in [-0.39, 0.29) is 12.2 Å². The van der Waals surface area contributed by atoms with Crippen LogP contribution in [0.25, 0.3) is 5.69 Å². The summed E-state index contributed by atoms with van der Waals surface area (Å²) in [6.45, 7) is 4.83. The number of hydrogen-bond acceptors (Lipinski definition) is 3. The Morgan fingerprint density at radius 3 is 2.34 bits per heavy atom. The molecule has 1 aromatic heterocycles. The van der Waals surface area contributed by atoms with E-state index in [9.17, 15) is 18.0 Å². The summed E-state index contributed by atoms with van der Waals surface area (Å²) in [6, 6.07) is 14.2. The molecule has 1 fully saturated rings. The predicted molar refractivity (Wildman–Crippen MR) is 115 cm³/mol. The summed E-state index contributed by atoms with van der Waals surface area (Å²) in [7, 11) is 0. The Morgan fingerprint density at radius 1 is 1.03 bits per heavy atom. The third-order valence-electron chi connectivity index (χ3n) is 5.71. The summed E-state index contributed by atoms with van der Waals surface area (Å²) in [5, 5.41) is 6.53. The van der Waals surface area contributed by atoms with E-state index in [4.69, 9.17) is 0 Å². The van der Waals surface area contributed by atoms with Gasteiger partial charge in [0.1, 0.15) is 0 Å². The van der Waals surface area contributed by atoms with Crippen molar-refractivity contribution in [2.45, 2.75) is 39.0 Å². The van der Waals surface area contributed by atoms with Gasteiger partial charge < -0.3 is 5.32 Å². The van der Waals surface area contributed by atoms with Gasteiger partial charge in [-0.25, -0.2) is 4.68 Å². The topological polar surface area (TPSA) is 50.2 Å². The van der Waals surface area contributed by atoms with Crippen molar-refractivity contribution >= 4 is 5.91 Å². The van der Waals surface area contributed by atoms with Gasteiger partial charge >= 0.3 is 6.18 Å². The van der Waals surface area contributed by atoms with Crippen molar-refractivity contribution in [3.63, 3.8) is 0 Å². The van der Waals surface area contributed by atoms with Crippen molar-refractivity contribution in [3.8, 4) is 5.69 Å². The molecule has 0 radical (unpaired) electrons. The molecule has 1 aliphatic rings. The number of halogens is 3. The third kappa shape index (κ3) is 4.85. The van der Waals surface area contributed by atoms with Crippen LogP contribution in [0.5, 0.6) is 0 Å². The molecule has 2 heterocycles. The molecule has 1 amide bonds. The molecule has 0 bridgehead atoms. The third-order valence-corrected chi connectivity index (χ3v) is 5.71. The zero-order valence-electron chi connectivity index (χ0n) is 17.8. The highest BCUT2D eigenvalue weighted by Crippen LogP contribution is 2.33. The minimum Gasteiger partial charge on any atom is -0.348 e. The Morgan fingerprint density at radius 2 is 1.69 bits per heavy atom. The first-order valence-electron chi connectivity index (χ1n) is 10.6. The molecule has 1 saturated heterocycles. The monoisotopic (exact) mass is 442 g/mol. The van der Waals surface area contributed by atoms with Crippen LogP contribution in [0.1, 0.15) is 45.6 Å². The molecule has 4 rings (SSSR count). The first-order chi connectivity index (χ1) is 15.3. The Kier molecular flexibility index (Phi) is 6.32. The van der Waals surface area contributed by atoms with Crippen LogP contribution in [0, 0.1) is 6.92 Å². The highest BCUT2D eigenvalue weighted by atomic mass is 19.4. The number of likely N-dealkylation sites (tertiary alicyclic amines) is 1. The average Bonchev–Trinajstić information content (AvgIpc) is 3.43. The van der Waals surface area contributed by atoms with Crippen molar-refractivity contribution in [3.05, 3.63) is 82.7 Å². The zero-order valence-corrected chi connectivity index (χ0v) is 17.8. The van der Waals surface area contributed by atoms with Gasteiger partial charge in [0.15, 0.2) is 5.69 Å². The van der Waals surface area contributed by atoms with Crippen LogP contribution in [0.3, 0.4) is 0 Å². The van der Waals surface area contributed by atoms with Crippen LogP contribution in [0.4, 0.5) is 13.2 Å². The highest BCUT2D eigenvalue weighted by Gasteiger charge is 2.40. The maximum atomic E-state index is 13.9. The van der Waals surface area contributed by atoms with Crippen molar-refractivity contribution < 1.29 is 18.0 Å². The van der Waals surface area contributed by atoms with Crippen molar-refractivity contribution in [1.82, 2.24) is 20.0 Å². The van der Waals surface area contributed by atoms with Crippen LogP contribution < -0.4 is 5.32 Å². The molecule has 0 aliphatic carbocycles.